The van der Waals surface area contributed by atoms with Crippen molar-refractivity contribution in [3.05, 3.63) is 47.9 Å². The lowest BCUT2D eigenvalue weighted by atomic mass is 10.1. The summed E-state index contributed by atoms with van der Waals surface area (Å²) in [4.78, 5) is 9.16. The molecule has 1 N–H and O–H groups in total. The van der Waals surface area contributed by atoms with Crippen LogP contribution in [-0.2, 0) is 5.60 Å². The van der Waals surface area contributed by atoms with E-state index in [4.69, 9.17) is 0 Å². The monoisotopic (exact) mass is 329 g/mol. The molecule has 1 aromatic carbocycles. The van der Waals surface area contributed by atoms with Gasteiger partial charge >= 0.3 is 0 Å². The van der Waals surface area contributed by atoms with Crippen LogP contribution in [0.3, 0.4) is 0 Å². The first kappa shape index (κ1) is 17.6. The highest BCUT2D eigenvalue weighted by Gasteiger charge is 2.20. The highest BCUT2D eigenvalue weighted by Crippen LogP contribution is 2.24. The third-order valence-corrected chi connectivity index (χ3v) is 3.84. The molecule has 0 fully saturated rings. The van der Waals surface area contributed by atoms with Gasteiger partial charge in [0.1, 0.15) is 16.9 Å². The van der Waals surface area contributed by atoms with Gasteiger partial charge in [0.2, 0.25) is 0 Å². The number of nitrogens with zero attached hydrogens (tertiary/aromatic N) is 3. The summed E-state index contributed by atoms with van der Waals surface area (Å²) in [6.07, 6.45) is 0. The fraction of sp³-hybridized carbons (Fsp3) is 0.333. The van der Waals surface area contributed by atoms with Gasteiger partial charge in [-0.25, -0.2) is 9.97 Å². The Bertz CT molecular complexity index is 801. The van der Waals surface area contributed by atoms with E-state index in [-0.39, 0.29) is 0 Å². The van der Waals surface area contributed by atoms with Gasteiger partial charge in [-0.15, -0.1) is 9.24 Å². The van der Waals surface area contributed by atoms with Crippen molar-refractivity contribution in [1.29, 1.82) is 0 Å². The van der Waals surface area contributed by atoms with Crippen LogP contribution in [0.15, 0.2) is 36.4 Å². The molecular formula is C18H24N3OP. The quantitative estimate of drug-likeness (QED) is 0.732. The molecule has 1 unspecified atom stereocenters. The Hall–Kier alpha value is -1.77. The zero-order chi connectivity index (χ0) is 17.2. The van der Waals surface area contributed by atoms with Crippen LogP contribution in [0.4, 0.5) is 0 Å². The van der Waals surface area contributed by atoms with Gasteiger partial charge in [-0.1, -0.05) is 26.0 Å². The molecule has 3 rings (SSSR count). The Kier molecular flexibility index (Phi) is 5.18. The summed E-state index contributed by atoms with van der Waals surface area (Å²) in [5.74, 6) is 0.877. The van der Waals surface area contributed by atoms with E-state index in [1.54, 1.807) is 13.8 Å². The lowest BCUT2D eigenvalue weighted by molar-refractivity contribution is 0.0741. The van der Waals surface area contributed by atoms with Crippen LogP contribution >= 0.6 is 9.24 Å². The predicted molar refractivity (Wildman–Crippen MR) is 99.5 cm³/mol. The van der Waals surface area contributed by atoms with E-state index in [0.717, 1.165) is 28.0 Å². The number of imidazole rings is 1. The molecule has 0 aliphatic carbocycles. The average Bonchev–Trinajstić information content (AvgIpc) is 2.84. The first-order chi connectivity index (χ1) is 10.9. The van der Waals surface area contributed by atoms with Crippen molar-refractivity contribution in [3.8, 4) is 5.69 Å². The van der Waals surface area contributed by atoms with Crippen LogP contribution in [0.5, 0.6) is 0 Å². The Morgan fingerprint density at radius 1 is 1.00 bits per heavy atom. The van der Waals surface area contributed by atoms with Crippen LogP contribution < -0.4 is 5.30 Å². The molecule has 0 bridgehead atoms. The number of hydrogen-bond donors (Lipinski definition) is 1. The topological polar surface area (TPSA) is 50.9 Å². The van der Waals surface area contributed by atoms with Gasteiger partial charge in [0.25, 0.3) is 0 Å². The number of rotatable bonds is 2. The van der Waals surface area contributed by atoms with Gasteiger partial charge in [0.15, 0.2) is 5.65 Å². The standard InChI is InChI=1S/C16H18N3OP.C2H6/c1-10-17-13-8-9-14(16(2,3)20)18-15(13)19(10)11-4-6-12(21)7-5-11;1-2/h4-9,20H,21H2,1-3H3;1-2H3. The minimum atomic E-state index is -0.971. The van der Waals surface area contributed by atoms with E-state index in [1.165, 1.54) is 0 Å². The zero-order valence-corrected chi connectivity index (χ0v) is 15.5. The number of aromatic nitrogens is 3. The zero-order valence-electron chi connectivity index (χ0n) is 14.3. The molecule has 2 aromatic heterocycles. The third kappa shape index (κ3) is 3.60. The van der Waals surface area contributed by atoms with Crippen LogP contribution in [0.1, 0.15) is 39.2 Å². The van der Waals surface area contributed by atoms with E-state index >= 15 is 0 Å². The smallest absolute Gasteiger partial charge is 0.165 e. The molecular weight excluding hydrogens is 305 g/mol. The SMILES string of the molecule is CC.Cc1nc2ccc(C(C)(C)O)nc2n1-c1ccc(P)cc1. The van der Waals surface area contributed by atoms with Gasteiger partial charge < -0.3 is 5.11 Å². The Morgan fingerprint density at radius 2 is 1.61 bits per heavy atom. The minimum absolute atomic E-state index is 0.638. The molecule has 0 amide bonds. The highest BCUT2D eigenvalue weighted by molar-refractivity contribution is 7.27. The predicted octanol–water partition coefficient (Wildman–Crippen LogP) is 3.48. The molecule has 4 nitrogen and oxygen atoms in total. The maximum Gasteiger partial charge on any atom is 0.165 e. The number of aliphatic hydroxyl groups is 1. The third-order valence-electron chi connectivity index (χ3n) is 3.45. The van der Waals surface area contributed by atoms with E-state index in [1.807, 2.05) is 61.7 Å². The number of aryl methyl sites for hydroxylation is 1. The Morgan fingerprint density at radius 3 is 2.17 bits per heavy atom. The second-order valence-electron chi connectivity index (χ2n) is 5.68. The van der Waals surface area contributed by atoms with Crippen LogP contribution in [0, 0.1) is 6.92 Å². The van der Waals surface area contributed by atoms with Gasteiger partial charge in [0.05, 0.1) is 5.69 Å². The molecule has 5 heteroatoms. The molecule has 0 saturated heterocycles. The highest BCUT2D eigenvalue weighted by atomic mass is 31.0. The van der Waals surface area contributed by atoms with Crippen molar-refractivity contribution in [1.82, 2.24) is 14.5 Å². The molecule has 0 aliphatic rings. The van der Waals surface area contributed by atoms with E-state index in [0.29, 0.717) is 5.69 Å². The summed E-state index contributed by atoms with van der Waals surface area (Å²) < 4.78 is 2.01. The Balaban J connectivity index is 0.000000924. The summed E-state index contributed by atoms with van der Waals surface area (Å²) in [5, 5.41) is 11.3. The number of fused-ring (bicyclic) bond motifs is 1. The summed E-state index contributed by atoms with van der Waals surface area (Å²) in [7, 11) is 2.68. The van der Waals surface area contributed by atoms with E-state index in [9.17, 15) is 5.11 Å². The van der Waals surface area contributed by atoms with Gasteiger partial charge in [0, 0.05) is 5.69 Å². The second-order valence-corrected chi connectivity index (χ2v) is 6.35. The molecule has 3 aromatic rings. The molecule has 122 valence electrons. The molecule has 0 saturated carbocycles. The van der Waals surface area contributed by atoms with E-state index in [2.05, 4.69) is 19.2 Å². The summed E-state index contributed by atoms with van der Waals surface area (Å²) in [5.41, 5.74) is 2.28. The number of hydrogen-bond acceptors (Lipinski definition) is 3. The van der Waals surface area contributed by atoms with Gasteiger partial charge in [-0.05, 0) is 50.3 Å². The lowest BCUT2D eigenvalue weighted by Crippen LogP contribution is -2.17. The fourth-order valence-corrected chi connectivity index (χ4v) is 2.54. The first-order valence-corrected chi connectivity index (χ1v) is 8.39. The van der Waals surface area contributed by atoms with Crippen molar-refractivity contribution < 1.29 is 5.11 Å². The molecule has 2 heterocycles. The minimum Gasteiger partial charge on any atom is -0.384 e. The van der Waals surface area contributed by atoms with Crippen LogP contribution in [0.25, 0.3) is 16.9 Å². The van der Waals surface area contributed by atoms with Crippen molar-refractivity contribution in [3.63, 3.8) is 0 Å². The Labute approximate surface area is 139 Å². The number of pyridine rings is 1. The van der Waals surface area contributed by atoms with Crippen molar-refractivity contribution >= 4 is 25.7 Å². The van der Waals surface area contributed by atoms with Crippen LogP contribution in [0.2, 0.25) is 0 Å². The summed E-state index contributed by atoms with van der Waals surface area (Å²) >= 11 is 0. The second kappa shape index (κ2) is 6.77. The molecule has 1 atom stereocenters. The van der Waals surface area contributed by atoms with Crippen LogP contribution in [-0.4, -0.2) is 19.6 Å². The normalized spacial score (nSPS) is 11.3. The molecule has 0 spiro atoms. The fourth-order valence-electron chi connectivity index (χ4n) is 2.34. The maximum absolute atomic E-state index is 10.2. The van der Waals surface area contributed by atoms with Gasteiger partial charge in [-0.3, -0.25) is 4.57 Å². The first-order valence-electron chi connectivity index (χ1n) is 7.81. The molecule has 23 heavy (non-hydrogen) atoms. The van der Waals surface area contributed by atoms with Gasteiger partial charge in [-0.2, -0.15) is 0 Å². The maximum atomic E-state index is 10.2. The lowest BCUT2D eigenvalue weighted by Gasteiger charge is -2.16. The van der Waals surface area contributed by atoms with Crippen molar-refractivity contribution in [2.75, 3.05) is 0 Å². The van der Waals surface area contributed by atoms with Crippen molar-refractivity contribution in [2.45, 2.75) is 40.2 Å². The summed E-state index contributed by atoms with van der Waals surface area (Å²) in [6.45, 7) is 9.43. The van der Waals surface area contributed by atoms with E-state index < -0.39 is 5.60 Å². The van der Waals surface area contributed by atoms with Crippen molar-refractivity contribution in [2.24, 2.45) is 0 Å². The summed E-state index contributed by atoms with van der Waals surface area (Å²) in [6, 6.07) is 11.9. The number of benzene rings is 1. The average molecular weight is 329 g/mol. The molecule has 0 radical (unpaired) electrons. The molecule has 0 aliphatic heterocycles. The largest absolute Gasteiger partial charge is 0.384 e.